The molecule has 2 heterocycles. The van der Waals surface area contributed by atoms with Crippen LogP contribution in [-0.4, -0.2) is 15.5 Å². The topological polar surface area (TPSA) is 72.9 Å². The molecule has 6 heteroatoms. The van der Waals surface area contributed by atoms with Gasteiger partial charge in [-0.05, 0) is 40.5 Å². The van der Waals surface area contributed by atoms with Crippen LogP contribution in [0.5, 0.6) is 0 Å². The predicted octanol–water partition coefficient (Wildman–Crippen LogP) is 2.89. The molecule has 0 unspecified atom stereocenters. The smallest absolute Gasteiger partial charge is 0.272 e. The lowest BCUT2D eigenvalue weighted by molar-refractivity contribution is 0.101. The van der Waals surface area contributed by atoms with E-state index in [1.165, 1.54) is 0 Å². The molecule has 0 radical (unpaired) electrons. The summed E-state index contributed by atoms with van der Waals surface area (Å²) in [5, 5.41) is 2.81. The van der Waals surface area contributed by atoms with Crippen LogP contribution in [0.1, 0.15) is 23.8 Å². The van der Waals surface area contributed by atoms with Gasteiger partial charge in [-0.3, -0.25) is 4.79 Å². The number of nitrogen functional groups attached to an aromatic ring is 1. The Labute approximate surface area is 120 Å². The summed E-state index contributed by atoms with van der Waals surface area (Å²) < 4.78 is 2.46. The third kappa shape index (κ3) is 3.14. The molecule has 0 saturated carbocycles. The number of amides is 1. The molecule has 0 aliphatic carbocycles. The first kappa shape index (κ1) is 13.6. The van der Waals surface area contributed by atoms with E-state index in [0.29, 0.717) is 21.7 Å². The number of aromatic nitrogens is 2. The average Bonchev–Trinajstić information content (AvgIpc) is 2.74. The molecule has 0 saturated heterocycles. The van der Waals surface area contributed by atoms with Crippen LogP contribution >= 0.6 is 15.9 Å². The standard InChI is InChI=1S/C13H15BrN4O/c1-2-6-18-8-9(15)7-11(18)13(19)17-10-4-3-5-16-12(10)14/h3-5,7-8H,2,6,15H2,1H3,(H,17,19). The normalized spacial score (nSPS) is 10.4. The van der Waals surface area contributed by atoms with Crippen molar-refractivity contribution in [1.82, 2.24) is 9.55 Å². The minimum Gasteiger partial charge on any atom is -0.397 e. The van der Waals surface area contributed by atoms with Crippen molar-refractivity contribution < 1.29 is 4.79 Å². The summed E-state index contributed by atoms with van der Waals surface area (Å²) in [6.07, 6.45) is 4.36. The number of nitrogens with zero attached hydrogens (tertiary/aromatic N) is 2. The van der Waals surface area contributed by atoms with E-state index in [1.54, 1.807) is 30.6 Å². The van der Waals surface area contributed by atoms with Gasteiger partial charge in [0.2, 0.25) is 0 Å². The molecular formula is C13H15BrN4O. The van der Waals surface area contributed by atoms with Crippen LogP contribution < -0.4 is 11.1 Å². The lowest BCUT2D eigenvalue weighted by atomic mass is 10.3. The molecular weight excluding hydrogens is 308 g/mol. The van der Waals surface area contributed by atoms with Gasteiger partial charge in [0.15, 0.2) is 0 Å². The van der Waals surface area contributed by atoms with Crippen molar-refractivity contribution in [3.05, 3.63) is 40.9 Å². The number of pyridine rings is 1. The fourth-order valence-corrected chi connectivity index (χ4v) is 2.16. The van der Waals surface area contributed by atoms with Crippen molar-refractivity contribution in [1.29, 1.82) is 0 Å². The van der Waals surface area contributed by atoms with E-state index >= 15 is 0 Å². The van der Waals surface area contributed by atoms with Crippen LogP contribution in [0, 0.1) is 0 Å². The van der Waals surface area contributed by atoms with Gasteiger partial charge in [-0.1, -0.05) is 6.92 Å². The van der Waals surface area contributed by atoms with Gasteiger partial charge in [0.05, 0.1) is 11.4 Å². The van der Waals surface area contributed by atoms with Gasteiger partial charge in [-0.15, -0.1) is 0 Å². The Hall–Kier alpha value is -1.82. The Morgan fingerprint density at radius 1 is 1.58 bits per heavy atom. The van der Waals surface area contributed by atoms with Gasteiger partial charge in [0.1, 0.15) is 10.3 Å². The number of hydrogen-bond acceptors (Lipinski definition) is 3. The third-order valence-corrected chi connectivity index (χ3v) is 3.25. The molecule has 2 aromatic heterocycles. The first-order chi connectivity index (χ1) is 9.11. The van der Waals surface area contributed by atoms with Crippen LogP contribution in [0.15, 0.2) is 35.2 Å². The van der Waals surface area contributed by atoms with Gasteiger partial charge in [0, 0.05) is 18.9 Å². The molecule has 0 aliphatic rings. The molecule has 5 nitrogen and oxygen atoms in total. The molecule has 0 atom stereocenters. The molecule has 0 aliphatic heterocycles. The maximum Gasteiger partial charge on any atom is 0.272 e. The van der Waals surface area contributed by atoms with Gasteiger partial charge in [-0.2, -0.15) is 0 Å². The number of hydrogen-bond donors (Lipinski definition) is 2. The lowest BCUT2D eigenvalue weighted by Gasteiger charge is -2.09. The van der Waals surface area contributed by atoms with Crippen molar-refractivity contribution in [2.45, 2.75) is 19.9 Å². The number of aryl methyl sites for hydroxylation is 1. The Bertz CT molecular complexity index is 594. The number of carbonyl (C=O) groups excluding carboxylic acids is 1. The number of anilines is 2. The molecule has 0 spiro atoms. The maximum atomic E-state index is 12.2. The zero-order valence-corrected chi connectivity index (χ0v) is 12.1. The van der Waals surface area contributed by atoms with E-state index in [-0.39, 0.29) is 5.91 Å². The summed E-state index contributed by atoms with van der Waals surface area (Å²) in [7, 11) is 0. The zero-order valence-electron chi connectivity index (χ0n) is 10.6. The average molecular weight is 323 g/mol. The van der Waals surface area contributed by atoms with Crippen LogP contribution in [0.25, 0.3) is 0 Å². The highest BCUT2D eigenvalue weighted by Crippen LogP contribution is 2.20. The fraction of sp³-hybridized carbons (Fsp3) is 0.231. The van der Waals surface area contributed by atoms with Crippen molar-refractivity contribution in [2.24, 2.45) is 0 Å². The van der Waals surface area contributed by atoms with E-state index in [0.717, 1.165) is 13.0 Å². The Morgan fingerprint density at radius 2 is 2.37 bits per heavy atom. The summed E-state index contributed by atoms with van der Waals surface area (Å²) in [6, 6.07) is 5.22. The first-order valence-corrected chi connectivity index (χ1v) is 6.78. The number of nitrogens with two attached hydrogens (primary N) is 1. The highest BCUT2D eigenvalue weighted by Gasteiger charge is 2.14. The van der Waals surface area contributed by atoms with Gasteiger partial charge < -0.3 is 15.6 Å². The second-order valence-corrected chi connectivity index (χ2v) is 4.90. The van der Waals surface area contributed by atoms with E-state index in [4.69, 9.17) is 5.73 Å². The molecule has 3 N–H and O–H groups in total. The molecule has 19 heavy (non-hydrogen) atoms. The van der Waals surface area contributed by atoms with Crippen LogP contribution in [-0.2, 0) is 6.54 Å². The molecule has 2 rings (SSSR count). The SMILES string of the molecule is CCCn1cc(N)cc1C(=O)Nc1cccnc1Br. The van der Waals surface area contributed by atoms with Crippen LogP contribution in [0.2, 0.25) is 0 Å². The molecule has 0 bridgehead atoms. The Kier molecular flexibility index (Phi) is 4.21. The highest BCUT2D eigenvalue weighted by atomic mass is 79.9. The highest BCUT2D eigenvalue weighted by molar-refractivity contribution is 9.10. The number of nitrogens with one attached hydrogen (secondary N) is 1. The Morgan fingerprint density at radius 3 is 3.05 bits per heavy atom. The lowest BCUT2D eigenvalue weighted by Crippen LogP contribution is -2.17. The summed E-state index contributed by atoms with van der Waals surface area (Å²) in [5.41, 5.74) is 7.52. The van der Waals surface area contributed by atoms with E-state index in [1.807, 2.05) is 4.57 Å². The first-order valence-electron chi connectivity index (χ1n) is 5.99. The molecule has 0 fully saturated rings. The van der Waals surface area contributed by atoms with Crippen molar-refractivity contribution >= 4 is 33.2 Å². The molecule has 2 aromatic rings. The van der Waals surface area contributed by atoms with Crippen LogP contribution in [0.4, 0.5) is 11.4 Å². The van der Waals surface area contributed by atoms with Gasteiger partial charge in [-0.25, -0.2) is 4.98 Å². The minimum atomic E-state index is -0.196. The number of rotatable bonds is 4. The van der Waals surface area contributed by atoms with E-state index < -0.39 is 0 Å². The Balaban J connectivity index is 2.23. The van der Waals surface area contributed by atoms with Crippen LogP contribution in [0.3, 0.4) is 0 Å². The van der Waals surface area contributed by atoms with Crippen molar-refractivity contribution in [3.8, 4) is 0 Å². The van der Waals surface area contributed by atoms with E-state index in [2.05, 4.69) is 33.2 Å². The maximum absolute atomic E-state index is 12.2. The molecule has 1 amide bonds. The quantitative estimate of drug-likeness (QED) is 0.850. The van der Waals surface area contributed by atoms with Gasteiger partial charge in [0.25, 0.3) is 5.91 Å². The van der Waals surface area contributed by atoms with Gasteiger partial charge >= 0.3 is 0 Å². The zero-order chi connectivity index (χ0) is 13.8. The largest absolute Gasteiger partial charge is 0.397 e. The third-order valence-electron chi connectivity index (χ3n) is 2.62. The fourth-order valence-electron chi connectivity index (χ4n) is 1.82. The number of carbonyl (C=O) groups is 1. The number of halogens is 1. The summed E-state index contributed by atoms with van der Waals surface area (Å²) in [6.45, 7) is 2.81. The monoisotopic (exact) mass is 322 g/mol. The molecule has 100 valence electrons. The summed E-state index contributed by atoms with van der Waals surface area (Å²) in [5.74, 6) is -0.196. The predicted molar refractivity (Wildman–Crippen MR) is 79.0 cm³/mol. The second-order valence-electron chi connectivity index (χ2n) is 4.15. The van der Waals surface area contributed by atoms with Crippen molar-refractivity contribution in [3.63, 3.8) is 0 Å². The summed E-state index contributed by atoms with van der Waals surface area (Å²) >= 11 is 3.29. The van der Waals surface area contributed by atoms with E-state index in [9.17, 15) is 4.79 Å². The van der Waals surface area contributed by atoms with Crippen molar-refractivity contribution in [2.75, 3.05) is 11.1 Å². The molecule has 0 aromatic carbocycles. The minimum absolute atomic E-state index is 0.196. The second kappa shape index (κ2) is 5.88. The summed E-state index contributed by atoms with van der Waals surface area (Å²) in [4.78, 5) is 16.3.